The Balaban J connectivity index is 1.89. The van der Waals surface area contributed by atoms with E-state index in [0.29, 0.717) is 28.7 Å². The van der Waals surface area contributed by atoms with Crippen molar-refractivity contribution in [3.63, 3.8) is 0 Å². The van der Waals surface area contributed by atoms with Gasteiger partial charge in [-0.3, -0.25) is 4.79 Å². The normalized spacial score (nSPS) is 18.9. The van der Waals surface area contributed by atoms with Gasteiger partial charge in [-0.2, -0.15) is 0 Å². The highest BCUT2D eigenvalue weighted by Crippen LogP contribution is 2.54. The van der Waals surface area contributed by atoms with Gasteiger partial charge in [-0.05, 0) is 59.4 Å². The first-order valence-corrected chi connectivity index (χ1v) is 8.64. The molecule has 0 unspecified atom stereocenters. The molecule has 1 nitrogen and oxygen atoms in total. The first-order chi connectivity index (χ1) is 11.1. The number of hydrogen-bond acceptors (Lipinski definition) is 1. The number of halogens is 2. The maximum absolute atomic E-state index is 11.8. The standard InChI is InChI=1S/C20H16Cl2O/c21-15-9-14(10-16(22)12-15)19-11-13-3-1-2-4-18(13)20(19)7-5-17(23)6-8-20/h1-4,9-12H,5-8H2. The van der Waals surface area contributed by atoms with Gasteiger partial charge in [-0.15, -0.1) is 0 Å². The molecule has 0 N–H and O–H groups in total. The van der Waals surface area contributed by atoms with Crippen molar-refractivity contribution in [2.75, 3.05) is 0 Å². The summed E-state index contributed by atoms with van der Waals surface area (Å²) in [4.78, 5) is 11.8. The monoisotopic (exact) mass is 342 g/mol. The van der Waals surface area contributed by atoms with E-state index in [1.54, 1.807) is 6.07 Å². The molecule has 4 rings (SSSR count). The fraction of sp³-hybridized carbons (Fsp3) is 0.250. The van der Waals surface area contributed by atoms with Crippen molar-refractivity contribution < 1.29 is 4.79 Å². The second-order valence-electron chi connectivity index (χ2n) is 6.42. The number of carbonyl (C=O) groups is 1. The van der Waals surface area contributed by atoms with Crippen molar-refractivity contribution >= 4 is 40.6 Å². The smallest absolute Gasteiger partial charge is 0.133 e. The van der Waals surface area contributed by atoms with Gasteiger partial charge in [-0.25, -0.2) is 0 Å². The Morgan fingerprint density at radius 1 is 0.913 bits per heavy atom. The molecule has 0 aliphatic heterocycles. The van der Waals surface area contributed by atoms with Gasteiger partial charge in [0.1, 0.15) is 5.78 Å². The average Bonchev–Trinajstić information content (AvgIpc) is 2.84. The molecule has 1 spiro atoms. The molecule has 0 amide bonds. The molecule has 116 valence electrons. The van der Waals surface area contributed by atoms with Crippen LogP contribution < -0.4 is 0 Å². The van der Waals surface area contributed by atoms with Crippen molar-refractivity contribution in [2.24, 2.45) is 0 Å². The van der Waals surface area contributed by atoms with Crippen LogP contribution in [0.25, 0.3) is 11.6 Å². The summed E-state index contributed by atoms with van der Waals surface area (Å²) in [6.45, 7) is 0. The zero-order valence-electron chi connectivity index (χ0n) is 12.6. The summed E-state index contributed by atoms with van der Waals surface area (Å²) in [5.74, 6) is 0.364. The van der Waals surface area contributed by atoms with Gasteiger partial charge in [0.15, 0.2) is 0 Å². The van der Waals surface area contributed by atoms with Gasteiger partial charge in [0.05, 0.1) is 0 Å². The van der Waals surface area contributed by atoms with Crippen molar-refractivity contribution in [1.29, 1.82) is 0 Å². The van der Waals surface area contributed by atoms with Crippen LogP contribution >= 0.6 is 23.2 Å². The highest BCUT2D eigenvalue weighted by Gasteiger charge is 2.44. The summed E-state index contributed by atoms with van der Waals surface area (Å²) < 4.78 is 0. The van der Waals surface area contributed by atoms with Crippen LogP contribution in [0.5, 0.6) is 0 Å². The van der Waals surface area contributed by atoms with Gasteiger partial charge in [0, 0.05) is 28.3 Å². The Bertz CT molecular complexity index is 805. The summed E-state index contributed by atoms with van der Waals surface area (Å²) in [5, 5.41) is 1.29. The predicted octanol–water partition coefficient (Wildman–Crippen LogP) is 5.93. The Morgan fingerprint density at radius 3 is 2.26 bits per heavy atom. The summed E-state index contributed by atoms with van der Waals surface area (Å²) >= 11 is 12.4. The third kappa shape index (κ3) is 2.43. The van der Waals surface area contributed by atoms with Crippen LogP contribution in [0.15, 0.2) is 42.5 Å². The quantitative estimate of drug-likeness (QED) is 0.627. The predicted molar refractivity (Wildman–Crippen MR) is 95.9 cm³/mol. The number of benzene rings is 2. The molecule has 0 heterocycles. The molecule has 0 aromatic heterocycles. The fourth-order valence-corrected chi connectivity index (χ4v) is 4.59. The van der Waals surface area contributed by atoms with E-state index in [9.17, 15) is 4.79 Å². The third-order valence-electron chi connectivity index (χ3n) is 5.13. The zero-order valence-corrected chi connectivity index (χ0v) is 14.1. The second-order valence-corrected chi connectivity index (χ2v) is 7.30. The molecule has 3 heteroatoms. The molecule has 0 bridgehead atoms. The first kappa shape index (κ1) is 15.0. The molecule has 23 heavy (non-hydrogen) atoms. The minimum atomic E-state index is -0.0848. The van der Waals surface area contributed by atoms with Crippen LogP contribution in [0.1, 0.15) is 42.4 Å². The average molecular weight is 343 g/mol. The lowest BCUT2D eigenvalue weighted by molar-refractivity contribution is -0.120. The molecule has 0 saturated heterocycles. The van der Waals surface area contributed by atoms with Crippen LogP contribution in [-0.2, 0) is 10.2 Å². The molecular formula is C20H16Cl2O. The molecular weight excluding hydrogens is 327 g/mol. The number of fused-ring (bicyclic) bond motifs is 2. The van der Waals surface area contributed by atoms with Crippen LogP contribution in [0.2, 0.25) is 10.0 Å². The highest BCUT2D eigenvalue weighted by atomic mass is 35.5. The Labute approximate surface area is 145 Å². The van der Waals surface area contributed by atoms with Crippen molar-refractivity contribution in [2.45, 2.75) is 31.1 Å². The number of rotatable bonds is 1. The van der Waals surface area contributed by atoms with E-state index in [-0.39, 0.29) is 5.41 Å². The lowest BCUT2D eigenvalue weighted by Crippen LogP contribution is -2.31. The fourth-order valence-electron chi connectivity index (χ4n) is 4.06. The van der Waals surface area contributed by atoms with Crippen LogP contribution in [0, 0.1) is 0 Å². The van der Waals surface area contributed by atoms with Crippen molar-refractivity contribution in [3.8, 4) is 0 Å². The molecule has 2 aromatic rings. The summed E-state index contributed by atoms with van der Waals surface area (Å²) in [7, 11) is 0. The van der Waals surface area contributed by atoms with E-state index >= 15 is 0 Å². The van der Waals surface area contributed by atoms with Crippen molar-refractivity contribution in [3.05, 3.63) is 69.2 Å². The first-order valence-electron chi connectivity index (χ1n) is 7.88. The molecule has 0 radical (unpaired) electrons. The molecule has 1 saturated carbocycles. The number of carbonyl (C=O) groups excluding carboxylic acids is 1. The SMILES string of the molecule is O=C1CCC2(CC1)C(c1cc(Cl)cc(Cl)c1)=Cc1ccccc12. The largest absolute Gasteiger partial charge is 0.300 e. The zero-order chi connectivity index (χ0) is 16.0. The minimum Gasteiger partial charge on any atom is -0.300 e. The van der Waals surface area contributed by atoms with E-state index in [4.69, 9.17) is 23.2 Å². The van der Waals surface area contributed by atoms with Gasteiger partial charge < -0.3 is 0 Å². The molecule has 2 aromatic carbocycles. The number of hydrogen-bond donors (Lipinski definition) is 0. The number of ketones is 1. The van der Waals surface area contributed by atoms with E-state index in [1.807, 2.05) is 12.1 Å². The maximum Gasteiger partial charge on any atom is 0.133 e. The van der Waals surface area contributed by atoms with Crippen molar-refractivity contribution in [1.82, 2.24) is 0 Å². The van der Waals surface area contributed by atoms with Crippen LogP contribution in [0.4, 0.5) is 0 Å². The summed E-state index contributed by atoms with van der Waals surface area (Å²) in [5.41, 5.74) is 4.80. The molecule has 2 aliphatic rings. The number of allylic oxidation sites excluding steroid dienone is 1. The molecule has 1 fully saturated rings. The highest BCUT2D eigenvalue weighted by molar-refractivity contribution is 6.35. The maximum atomic E-state index is 11.8. The van der Waals surface area contributed by atoms with Gasteiger partial charge >= 0.3 is 0 Å². The topological polar surface area (TPSA) is 17.1 Å². The van der Waals surface area contributed by atoms with Crippen LogP contribution in [0.3, 0.4) is 0 Å². The van der Waals surface area contributed by atoms with Gasteiger partial charge in [-0.1, -0.05) is 47.5 Å². The third-order valence-corrected chi connectivity index (χ3v) is 5.56. The molecule has 0 atom stereocenters. The minimum absolute atomic E-state index is 0.0848. The second kappa shape index (κ2) is 5.51. The van der Waals surface area contributed by atoms with Gasteiger partial charge in [0.2, 0.25) is 0 Å². The Hall–Kier alpha value is -1.57. The molecule has 2 aliphatic carbocycles. The van der Waals surface area contributed by atoms with Gasteiger partial charge in [0.25, 0.3) is 0 Å². The Kier molecular flexibility index (Phi) is 3.59. The number of Topliss-reactive ketones (excluding diaryl/α,β-unsaturated/α-hetero) is 1. The summed E-state index contributed by atoms with van der Waals surface area (Å²) in [6.07, 6.45) is 5.24. The lowest BCUT2D eigenvalue weighted by Gasteiger charge is -2.37. The van der Waals surface area contributed by atoms with E-state index in [1.165, 1.54) is 16.7 Å². The summed E-state index contributed by atoms with van der Waals surface area (Å²) in [6, 6.07) is 14.2. The van der Waals surface area contributed by atoms with Crippen LogP contribution in [-0.4, -0.2) is 5.78 Å². The van der Waals surface area contributed by atoms with E-state index in [2.05, 4.69) is 30.3 Å². The Morgan fingerprint density at radius 2 is 1.57 bits per heavy atom. The lowest BCUT2D eigenvalue weighted by atomic mass is 9.65. The van der Waals surface area contributed by atoms with E-state index < -0.39 is 0 Å². The van der Waals surface area contributed by atoms with E-state index in [0.717, 1.165) is 18.4 Å².